The molecule has 0 bridgehead atoms. The summed E-state index contributed by atoms with van der Waals surface area (Å²) >= 11 is 0. The molecule has 0 amide bonds. The summed E-state index contributed by atoms with van der Waals surface area (Å²) in [5, 5.41) is 3.06. The Bertz CT molecular complexity index is 326. The van der Waals surface area contributed by atoms with Gasteiger partial charge in [0.05, 0.1) is 0 Å². The van der Waals surface area contributed by atoms with Gasteiger partial charge in [0.1, 0.15) is 0 Å². The van der Waals surface area contributed by atoms with Crippen LogP contribution in [0.15, 0.2) is 15.6 Å². The highest BCUT2D eigenvalue weighted by atomic mass is 32.2. The summed E-state index contributed by atoms with van der Waals surface area (Å²) in [5.74, 6) is 0.000394. The lowest BCUT2D eigenvalue weighted by Gasteiger charge is -1.83. The number of hydrogen-bond acceptors (Lipinski definition) is 5. The monoisotopic (exact) mass is 162 g/mol. The largest absolute Gasteiger partial charge is 0.368 e. The second kappa shape index (κ2) is 1.98. The van der Waals surface area contributed by atoms with Crippen molar-refractivity contribution in [2.45, 2.75) is 5.03 Å². The Morgan fingerprint density at radius 3 is 2.50 bits per heavy atom. The van der Waals surface area contributed by atoms with Gasteiger partial charge in [0.2, 0.25) is 5.88 Å². The van der Waals surface area contributed by atoms with Gasteiger partial charge in [0.15, 0.2) is 14.9 Å². The van der Waals surface area contributed by atoms with Crippen LogP contribution in [0.1, 0.15) is 0 Å². The Labute approximate surface area is 57.7 Å². The molecule has 1 heterocycles. The van der Waals surface area contributed by atoms with Gasteiger partial charge in [-0.2, -0.15) is 0 Å². The maximum Gasteiger partial charge on any atom is 0.223 e. The van der Waals surface area contributed by atoms with E-state index in [1.54, 1.807) is 0 Å². The minimum atomic E-state index is -3.27. The smallest absolute Gasteiger partial charge is 0.223 e. The zero-order valence-corrected chi connectivity index (χ0v) is 6.05. The lowest BCUT2D eigenvalue weighted by atomic mass is 10.7. The average Bonchev–Trinajstić information content (AvgIpc) is 2.11. The predicted molar refractivity (Wildman–Crippen MR) is 34.0 cm³/mol. The van der Waals surface area contributed by atoms with Crippen molar-refractivity contribution in [2.75, 3.05) is 12.0 Å². The molecule has 5 nitrogen and oxygen atoms in total. The lowest BCUT2D eigenvalue weighted by Crippen LogP contribution is -1.96. The fourth-order valence-electron chi connectivity index (χ4n) is 0.447. The summed E-state index contributed by atoms with van der Waals surface area (Å²) in [4.78, 5) is 0. The van der Waals surface area contributed by atoms with Crippen LogP contribution in [0.5, 0.6) is 0 Å². The van der Waals surface area contributed by atoms with E-state index in [1.807, 2.05) is 0 Å². The van der Waals surface area contributed by atoms with Gasteiger partial charge in [-0.15, -0.1) is 0 Å². The molecule has 0 aliphatic rings. The number of nitrogens with two attached hydrogens (primary N) is 1. The first-order chi connectivity index (χ1) is 4.50. The molecule has 0 atom stereocenters. The molecule has 0 unspecified atom stereocenters. The predicted octanol–water partition coefficient (Wildman–Crippen LogP) is -0.340. The minimum absolute atomic E-state index is 0.000394. The van der Waals surface area contributed by atoms with Gasteiger partial charge in [0, 0.05) is 12.3 Å². The van der Waals surface area contributed by atoms with Crippen molar-refractivity contribution in [1.29, 1.82) is 0 Å². The van der Waals surface area contributed by atoms with Crippen molar-refractivity contribution in [2.24, 2.45) is 0 Å². The Hall–Kier alpha value is -1.04. The molecule has 1 aromatic rings. The highest BCUT2D eigenvalue weighted by Gasteiger charge is 2.11. The van der Waals surface area contributed by atoms with Crippen LogP contribution >= 0.6 is 0 Å². The van der Waals surface area contributed by atoms with Gasteiger partial charge in [-0.3, -0.25) is 0 Å². The molecule has 0 radical (unpaired) electrons. The van der Waals surface area contributed by atoms with E-state index >= 15 is 0 Å². The number of sulfone groups is 1. The fourth-order valence-corrected chi connectivity index (χ4v) is 0.950. The van der Waals surface area contributed by atoms with E-state index in [2.05, 4.69) is 9.68 Å². The average molecular weight is 162 g/mol. The normalized spacial score (nSPS) is 11.7. The third-order valence-electron chi connectivity index (χ3n) is 0.887. The molecule has 0 saturated heterocycles. The third kappa shape index (κ3) is 1.27. The molecule has 0 fully saturated rings. The van der Waals surface area contributed by atoms with Crippen molar-refractivity contribution in [3.8, 4) is 0 Å². The zero-order valence-electron chi connectivity index (χ0n) is 5.23. The topological polar surface area (TPSA) is 86.2 Å². The lowest BCUT2D eigenvalue weighted by molar-refractivity contribution is 0.416. The first-order valence-corrected chi connectivity index (χ1v) is 4.31. The highest BCUT2D eigenvalue weighted by Crippen LogP contribution is 2.09. The third-order valence-corrected chi connectivity index (χ3v) is 1.84. The van der Waals surface area contributed by atoms with E-state index in [0.717, 1.165) is 12.3 Å². The number of hydrogen-bond donors (Lipinski definition) is 1. The van der Waals surface area contributed by atoms with Gasteiger partial charge in [-0.05, 0) is 0 Å². The Morgan fingerprint density at radius 2 is 2.30 bits per heavy atom. The number of rotatable bonds is 1. The van der Waals surface area contributed by atoms with Gasteiger partial charge >= 0.3 is 0 Å². The zero-order chi connectivity index (χ0) is 7.78. The Morgan fingerprint density at radius 1 is 1.70 bits per heavy atom. The first-order valence-electron chi connectivity index (χ1n) is 2.42. The van der Waals surface area contributed by atoms with Crippen LogP contribution in [0.3, 0.4) is 0 Å². The quantitative estimate of drug-likeness (QED) is 0.610. The van der Waals surface area contributed by atoms with Crippen LogP contribution in [-0.4, -0.2) is 19.8 Å². The molecule has 0 saturated carbocycles. The van der Waals surface area contributed by atoms with Crippen molar-refractivity contribution in [3.63, 3.8) is 0 Å². The molecule has 1 aromatic heterocycles. The summed E-state index contributed by atoms with van der Waals surface area (Å²) in [6.45, 7) is 0. The van der Waals surface area contributed by atoms with E-state index in [9.17, 15) is 8.42 Å². The molecule has 10 heavy (non-hydrogen) atoms. The van der Waals surface area contributed by atoms with Crippen LogP contribution in [0.25, 0.3) is 0 Å². The molecule has 6 heteroatoms. The second-order valence-corrected chi connectivity index (χ2v) is 3.80. The summed E-state index contributed by atoms with van der Waals surface area (Å²) < 4.78 is 25.7. The maximum absolute atomic E-state index is 10.7. The molecule has 56 valence electrons. The molecule has 0 aromatic carbocycles. The van der Waals surface area contributed by atoms with Crippen LogP contribution in [0, 0.1) is 0 Å². The van der Waals surface area contributed by atoms with Gasteiger partial charge < -0.3 is 10.3 Å². The summed E-state index contributed by atoms with van der Waals surface area (Å²) in [6.07, 6.45) is 1.03. The fraction of sp³-hybridized carbons (Fsp3) is 0.250. The first kappa shape index (κ1) is 7.07. The number of aromatic nitrogens is 1. The van der Waals surface area contributed by atoms with Crippen molar-refractivity contribution in [1.82, 2.24) is 5.16 Å². The van der Waals surface area contributed by atoms with Gasteiger partial charge in [-0.1, -0.05) is 5.16 Å². The Kier molecular flexibility index (Phi) is 1.40. The summed E-state index contributed by atoms with van der Waals surface area (Å²) in [6, 6.07) is 1.16. The van der Waals surface area contributed by atoms with Crippen molar-refractivity contribution < 1.29 is 12.9 Å². The van der Waals surface area contributed by atoms with Crippen molar-refractivity contribution >= 4 is 15.7 Å². The van der Waals surface area contributed by atoms with Crippen LogP contribution in [-0.2, 0) is 9.84 Å². The number of nitrogens with zero attached hydrogens (tertiary/aromatic N) is 1. The molecule has 0 aliphatic heterocycles. The number of anilines is 1. The number of nitrogen functional groups attached to an aromatic ring is 1. The van der Waals surface area contributed by atoms with E-state index < -0.39 is 9.84 Å². The van der Waals surface area contributed by atoms with Crippen LogP contribution in [0.2, 0.25) is 0 Å². The second-order valence-electron chi connectivity index (χ2n) is 1.84. The maximum atomic E-state index is 10.7. The summed E-state index contributed by atoms with van der Waals surface area (Å²) in [5.41, 5.74) is 5.08. The Balaban J connectivity index is 3.21. The summed E-state index contributed by atoms with van der Waals surface area (Å²) in [7, 11) is -3.27. The molecule has 0 aliphatic carbocycles. The molecular weight excluding hydrogens is 156 g/mol. The van der Waals surface area contributed by atoms with Crippen molar-refractivity contribution in [3.05, 3.63) is 6.07 Å². The van der Waals surface area contributed by atoms with Crippen LogP contribution < -0.4 is 5.73 Å². The minimum Gasteiger partial charge on any atom is -0.368 e. The van der Waals surface area contributed by atoms with Crippen LogP contribution in [0.4, 0.5) is 5.88 Å². The van der Waals surface area contributed by atoms with E-state index in [-0.39, 0.29) is 10.9 Å². The molecule has 2 N–H and O–H groups in total. The SMILES string of the molecule is CS(=O)(=O)c1cc(N)on1. The molecule has 1 rings (SSSR count). The molecule has 0 spiro atoms. The van der Waals surface area contributed by atoms with Gasteiger partial charge in [0.25, 0.3) is 0 Å². The standard InChI is InChI=1S/C4H6N2O3S/c1-10(7,8)4-2-3(5)9-6-4/h2H,5H2,1H3. The molecular formula is C4H6N2O3S. The van der Waals surface area contributed by atoms with Gasteiger partial charge in [-0.25, -0.2) is 8.42 Å². The van der Waals surface area contributed by atoms with E-state index in [0.29, 0.717) is 0 Å². The highest BCUT2D eigenvalue weighted by molar-refractivity contribution is 7.90. The van der Waals surface area contributed by atoms with E-state index in [4.69, 9.17) is 5.73 Å². The van der Waals surface area contributed by atoms with E-state index in [1.165, 1.54) is 0 Å².